The number of furan rings is 1. The third-order valence-electron chi connectivity index (χ3n) is 11.4. The molecule has 0 unspecified atom stereocenters. The second-order valence-corrected chi connectivity index (χ2v) is 16.2. The molecule has 6 heteroatoms. The molecular formula is C55H35N3O2S. The van der Waals surface area contributed by atoms with Crippen LogP contribution in [0.5, 0.6) is 0 Å². The molecule has 0 spiro atoms. The van der Waals surface area contributed by atoms with Gasteiger partial charge >= 0.3 is 0 Å². The number of nitrogens with zero attached hydrogens (tertiary/aromatic N) is 3. The lowest BCUT2D eigenvalue weighted by Gasteiger charge is -2.30. The van der Waals surface area contributed by atoms with Gasteiger partial charge in [-0.05, 0) is 90.0 Å². The van der Waals surface area contributed by atoms with E-state index in [-0.39, 0.29) is 0 Å². The number of para-hydroxylation sites is 2. The van der Waals surface area contributed by atoms with Crippen LogP contribution in [-0.2, 0) is 0 Å². The number of hydrogen-bond acceptors (Lipinski definition) is 6. The van der Waals surface area contributed by atoms with Crippen LogP contribution < -0.4 is 9.80 Å². The second kappa shape index (κ2) is 14.4. The van der Waals surface area contributed by atoms with Crippen LogP contribution in [-0.4, -0.2) is 4.98 Å². The van der Waals surface area contributed by atoms with Gasteiger partial charge in [0.2, 0.25) is 5.89 Å². The van der Waals surface area contributed by atoms with Crippen molar-refractivity contribution in [3.8, 4) is 22.6 Å². The number of oxazole rings is 1. The standard InChI is InChI=1S/C55H35N3O2S/c1-4-16-36(17-5-1)38-20-14-23-40(32-38)58(41-30-31-50-46(33-41)43-24-10-12-28-49(43)59-50)48-34-42(35-51-53(48)56-55(60-51)37-18-6-2-7-19-37)57(39-21-8-3-9-22-39)47-27-15-26-45-44-25-11-13-29-52(44)61-54(45)47/h1-35H. The highest BCUT2D eigenvalue weighted by molar-refractivity contribution is 7.26. The third-order valence-corrected chi connectivity index (χ3v) is 12.7. The maximum absolute atomic E-state index is 6.85. The Morgan fingerprint density at radius 2 is 0.984 bits per heavy atom. The van der Waals surface area contributed by atoms with Crippen molar-refractivity contribution in [2.24, 2.45) is 0 Å². The van der Waals surface area contributed by atoms with E-state index in [1.165, 1.54) is 20.2 Å². The molecule has 61 heavy (non-hydrogen) atoms. The van der Waals surface area contributed by atoms with Gasteiger partial charge in [-0.25, -0.2) is 4.98 Å². The normalized spacial score (nSPS) is 11.6. The van der Waals surface area contributed by atoms with Crippen molar-refractivity contribution < 1.29 is 8.83 Å². The first kappa shape index (κ1) is 35.1. The molecular weight excluding hydrogens is 767 g/mol. The summed E-state index contributed by atoms with van der Waals surface area (Å²) in [5.41, 5.74) is 12.1. The quantitative estimate of drug-likeness (QED) is 0.153. The molecule has 5 nitrogen and oxygen atoms in total. The summed E-state index contributed by atoms with van der Waals surface area (Å²) < 4.78 is 15.7. The predicted octanol–water partition coefficient (Wildman–Crippen LogP) is 16.4. The predicted molar refractivity (Wildman–Crippen MR) is 254 cm³/mol. The fourth-order valence-electron chi connectivity index (χ4n) is 8.65. The van der Waals surface area contributed by atoms with E-state index in [0.29, 0.717) is 11.5 Å². The van der Waals surface area contributed by atoms with Crippen molar-refractivity contribution in [1.29, 1.82) is 0 Å². The molecule has 0 saturated heterocycles. The highest BCUT2D eigenvalue weighted by Gasteiger charge is 2.26. The van der Waals surface area contributed by atoms with Crippen molar-refractivity contribution in [3.63, 3.8) is 0 Å². The fraction of sp³-hybridized carbons (Fsp3) is 0. The van der Waals surface area contributed by atoms with Crippen molar-refractivity contribution in [3.05, 3.63) is 212 Å². The number of aromatic nitrogens is 1. The van der Waals surface area contributed by atoms with Gasteiger partial charge in [-0.2, -0.15) is 0 Å². The zero-order valence-corrected chi connectivity index (χ0v) is 33.6. The van der Waals surface area contributed by atoms with E-state index in [4.69, 9.17) is 13.8 Å². The first-order chi connectivity index (χ1) is 30.2. The van der Waals surface area contributed by atoms with Crippen LogP contribution in [0.25, 0.3) is 75.8 Å². The van der Waals surface area contributed by atoms with Gasteiger partial charge in [0.1, 0.15) is 16.7 Å². The Balaban J connectivity index is 1.16. The number of hydrogen-bond donors (Lipinski definition) is 0. The van der Waals surface area contributed by atoms with Gasteiger partial charge in [-0.15, -0.1) is 11.3 Å². The van der Waals surface area contributed by atoms with E-state index < -0.39 is 0 Å². The van der Waals surface area contributed by atoms with E-state index in [0.717, 1.165) is 78.3 Å². The maximum Gasteiger partial charge on any atom is 0.227 e. The van der Waals surface area contributed by atoms with E-state index in [9.17, 15) is 0 Å². The Morgan fingerprint density at radius 1 is 0.361 bits per heavy atom. The van der Waals surface area contributed by atoms with Crippen LogP contribution in [0.15, 0.2) is 221 Å². The summed E-state index contributed by atoms with van der Waals surface area (Å²) in [5.74, 6) is 0.557. The summed E-state index contributed by atoms with van der Waals surface area (Å²) in [4.78, 5) is 10.00. The molecule has 0 radical (unpaired) electrons. The Morgan fingerprint density at radius 3 is 1.82 bits per heavy atom. The topological polar surface area (TPSA) is 45.7 Å². The second-order valence-electron chi connectivity index (χ2n) is 15.2. The Kier molecular flexibility index (Phi) is 8.28. The molecule has 3 heterocycles. The average Bonchev–Trinajstić information content (AvgIpc) is 4.04. The smallest absolute Gasteiger partial charge is 0.227 e. The van der Waals surface area contributed by atoms with Crippen LogP contribution in [0.2, 0.25) is 0 Å². The molecule has 3 aromatic heterocycles. The summed E-state index contributed by atoms with van der Waals surface area (Å²) >= 11 is 1.82. The summed E-state index contributed by atoms with van der Waals surface area (Å²) in [6.07, 6.45) is 0. The van der Waals surface area contributed by atoms with Crippen molar-refractivity contribution >= 4 is 98.7 Å². The number of benzene rings is 9. The molecule has 0 saturated carbocycles. The van der Waals surface area contributed by atoms with Crippen LogP contribution in [0, 0.1) is 0 Å². The van der Waals surface area contributed by atoms with E-state index in [2.05, 4.69) is 180 Å². The SMILES string of the molecule is c1ccc(-c2cccc(N(c3ccc4oc5ccccc5c4c3)c3cc(N(c4ccccc4)c4cccc5c4sc4ccccc45)cc4oc(-c5ccccc5)nc34)c2)cc1. The van der Waals surface area contributed by atoms with Crippen molar-refractivity contribution in [1.82, 2.24) is 4.98 Å². The van der Waals surface area contributed by atoms with Gasteiger partial charge in [0.15, 0.2) is 5.58 Å². The first-order valence-corrected chi connectivity index (χ1v) is 21.2. The lowest BCUT2D eigenvalue weighted by molar-refractivity contribution is 0.620. The Labute approximate surface area is 355 Å². The Bertz CT molecular complexity index is 3560. The van der Waals surface area contributed by atoms with Gasteiger partial charge in [0, 0.05) is 54.9 Å². The zero-order valence-electron chi connectivity index (χ0n) is 32.8. The molecule has 0 fully saturated rings. The Hall–Kier alpha value is -7.93. The number of rotatable bonds is 8. The fourth-order valence-corrected chi connectivity index (χ4v) is 9.86. The maximum atomic E-state index is 6.85. The molecule has 9 aromatic carbocycles. The van der Waals surface area contributed by atoms with E-state index in [1.54, 1.807) is 0 Å². The number of thiophene rings is 1. The van der Waals surface area contributed by atoms with Crippen LogP contribution >= 0.6 is 11.3 Å². The highest BCUT2D eigenvalue weighted by Crippen LogP contribution is 2.49. The van der Waals surface area contributed by atoms with Crippen molar-refractivity contribution in [2.45, 2.75) is 0 Å². The molecule has 0 amide bonds. The molecule has 0 bridgehead atoms. The van der Waals surface area contributed by atoms with Gasteiger partial charge in [0.05, 0.1) is 21.8 Å². The minimum atomic E-state index is 0.557. The number of anilines is 6. The van der Waals surface area contributed by atoms with Crippen molar-refractivity contribution in [2.75, 3.05) is 9.80 Å². The molecule has 0 aliphatic heterocycles. The third kappa shape index (κ3) is 6.04. The summed E-state index contributed by atoms with van der Waals surface area (Å²) in [7, 11) is 0. The van der Waals surface area contributed by atoms with Crippen LogP contribution in [0.1, 0.15) is 0 Å². The summed E-state index contributed by atoms with van der Waals surface area (Å²) in [6.45, 7) is 0. The molecule has 0 atom stereocenters. The van der Waals surface area contributed by atoms with Gasteiger partial charge in [0.25, 0.3) is 0 Å². The lowest BCUT2D eigenvalue weighted by Crippen LogP contribution is -2.14. The van der Waals surface area contributed by atoms with Crippen LogP contribution in [0.3, 0.4) is 0 Å². The molecule has 288 valence electrons. The lowest BCUT2D eigenvalue weighted by atomic mass is 10.0. The molecule has 0 aliphatic carbocycles. The summed E-state index contributed by atoms with van der Waals surface area (Å²) in [5, 5.41) is 4.59. The largest absolute Gasteiger partial charge is 0.456 e. The van der Waals surface area contributed by atoms with Crippen LogP contribution in [0.4, 0.5) is 34.1 Å². The summed E-state index contributed by atoms with van der Waals surface area (Å²) in [6, 6.07) is 74.4. The van der Waals surface area contributed by atoms with Gasteiger partial charge in [-0.1, -0.05) is 127 Å². The van der Waals surface area contributed by atoms with Gasteiger partial charge < -0.3 is 18.6 Å². The monoisotopic (exact) mass is 801 g/mol. The molecule has 0 aliphatic rings. The molecule has 0 N–H and O–H groups in total. The minimum absolute atomic E-state index is 0.557. The number of fused-ring (bicyclic) bond motifs is 7. The minimum Gasteiger partial charge on any atom is -0.456 e. The highest BCUT2D eigenvalue weighted by atomic mass is 32.1. The zero-order chi connectivity index (χ0) is 40.3. The first-order valence-electron chi connectivity index (χ1n) is 20.4. The molecule has 12 aromatic rings. The molecule has 12 rings (SSSR count). The average molecular weight is 802 g/mol. The van der Waals surface area contributed by atoms with E-state index >= 15 is 0 Å². The van der Waals surface area contributed by atoms with Gasteiger partial charge in [-0.3, -0.25) is 0 Å². The van der Waals surface area contributed by atoms with E-state index in [1.807, 2.05) is 53.8 Å².